The maximum Gasteiger partial charge on any atom is 0.326 e. The molecule has 0 aromatic carbocycles. The van der Waals surface area contributed by atoms with E-state index in [1.165, 1.54) is 20.8 Å². The second-order valence-corrected chi connectivity index (χ2v) is 4.55. The van der Waals surface area contributed by atoms with Crippen LogP contribution in [0.25, 0.3) is 0 Å². The number of carboxylic acids is 1. The highest BCUT2D eigenvalue weighted by molar-refractivity contribution is 5.81. The van der Waals surface area contributed by atoms with Crippen molar-refractivity contribution < 1.29 is 19.6 Å². The molecule has 0 saturated carbocycles. The van der Waals surface area contributed by atoms with Gasteiger partial charge in [0.15, 0.2) is 0 Å². The Hall–Kier alpha value is -1.66. The van der Waals surface area contributed by atoms with Gasteiger partial charge < -0.3 is 10.4 Å². The van der Waals surface area contributed by atoms with Crippen LogP contribution in [0.1, 0.15) is 47.5 Å². The fraction of sp³-hybridized carbons (Fsp3) is 0.818. The van der Waals surface area contributed by atoms with Crippen LogP contribution in [0.3, 0.4) is 0 Å². The van der Waals surface area contributed by atoms with Crippen molar-refractivity contribution in [1.29, 1.82) is 0 Å². The van der Waals surface area contributed by atoms with Gasteiger partial charge >= 0.3 is 5.97 Å². The number of rotatable bonds is 7. The van der Waals surface area contributed by atoms with Gasteiger partial charge in [-0.05, 0) is 12.8 Å². The van der Waals surface area contributed by atoms with E-state index in [9.17, 15) is 19.7 Å². The van der Waals surface area contributed by atoms with E-state index in [0.717, 1.165) is 0 Å². The normalized spacial score (nSPS) is 12.2. The van der Waals surface area contributed by atoms with E-state index in [4.69, 9.17) is 5.11 Å². The molecule has 106 valence electrons. The first-order chi connectivity index (χ1) is 7.66. The summed E-state index contributed by atoms with van der Waals surface area (Å²) in [5, 5.41) is 21.7. The van der Waals surface area contributed by atoms with Crippen LogP contribution in [0.15, 0.2) is 0 Å². The van der Waals surface area contributed by atoms with E-state index >= 15 is 0 Å². The van der Waals surface area contributed by atoms with Crippen LogP contribution in [0.5, 0.6) is 0 Å². The Bertz CT molecular complexity index is 315. The molecular formula is C11H22N2O5. The van der Waals surface area contributed by atoms with Crippen molar-refractivity contribution in [3.05, 3.63) is 10.1 Å². The monoisotopic (exact) mass is 262 g/mol. The van der Waals surface area contributed by atoms with Crippen LogP contribution in [0, 0.1) is 10.1 Å². The number of nitrogens with one attached hydrogen (secondary N) is 1. The van der Waals surface area contributed by atoms with Gasteiger partial charge in [0.25, 0.3) is 0 Å². The maximum atomic E-state index is 10.8. The maximum absolute atomic E-state index is 10.8. The number of aliphatic carboxylic acids is 1. The molecule has 1 unspecified atom stereocenters. The van der Waals surface area contributed by atoms with E-state index in [1.54, 1.807) is 0 Å². The highest BCUT2D eigenvalue weighted by Crippen LogP contribution is 2.17. The van der Waals surface area contributed by atoms with Crippen molar-refractivity contribution in [2.75, 3.05) is 0 Å². The summed E-state index contributed by atoms with van der Waals surface area (Å²) in [6.45, 7) is 4.21. The summed E-state index contributed by atoms with van der Waals surface area (Å²) in [5.74, 6) is -1.55. The van der Waals surface area contributed by atoms with Crippen molar-refractivity contribution >= 4 is 11.9 Å². The Morgan fingerprint density at radius 2 is 1.94 bits per heavy atom. The molecule has 0 aliphatic heterocycles. The second-order valence-electron chi connectivity index (χ2n) is 4.55. The highest BCUT2D eigenvalue weighted by atomic mass is 16.6. The fourth-order valence-corrected chi connectivity index (χ4v) is 1.33. The molecule has 0 radical (unpaired) electrons. The molecule has 2 N–H and O–H groups in total. The van der Waals surface area contributed by atoms with Gasteiger partial charge in [-0.2, -0.15) is 0 Å². The van der Waals surface area contributed by atoms with E-state index in [0.29, 0.717) is 6.42 Å². The summed E-state index contributed by atoms with van der Waals surface area (Å²) in [6.07, 6.45) is 0.820. The Labute approximate surface area is 107 Å². The number of hydrogen-bond acceptors (Lipinski definition) is 4. The van der Waals surface area contributed by atoms with Gasteiger partial charge in [0.2, 0.25) is 11.4 Å². The average molecular weight is 262 g/mol. The van der Waals surface area contributed by atoms with Crippen molar-refractivity contribution in [3.8, 4) is 0 Å². The highest BCUT2D eigenvalue weighted by Gasteiger charge is 2.30. The number of hydrogen-bond donors (Lipinski definition) is 2. The second kappa shape index (κ2) is 7.62. The number of carbonyl (C=O) groups excluding carboxylic acids is 1. The molecule has 1 atom stereocenters. The third-order valence-electron chi connectivity index (χ3n) is 2.45. The van der Waals surface area contributed by atoms with Crippen LogP contribution in [0.4, 0.5) is 0 Å². The molecule has 0 aliphatic rings. The Morgan fingerprint density at radius 3 is 2.28 bits per heavy atom. The summed E-state index contributed by atoms with van der Waals surface area (Å²) < 4.78 is 0. The number of carboxylic acid groups (broad SMARTS) is 1. The average Bonchev–Trinajstić information content (AvgIpc) is 2.14. The summed E-state index contributed by atoms with van der Waals surface area (Å²) >= 11 is 0. The summed E-state index contributed by atoms with van der Waals surface area (Å²) in [5.41, 5.74) is -1.07. The molecule has 0 fully saturated rings. The summed E-state index contributed by atoms with van der Waals surface area (Å²) in [4.78, 5) is 31.8. The molecule has 0 heterocycles. The number of carbonyl (C=O) groups is 2. The van der Waals surface area contributed by atoms with Crippen molar-refractivity contribution in [2.45, 2.75) is 59.0 Å². The molecule has 0 aromatic rings. The number of nitro groups is 1. The first-order valence-corrected chi connectivity index (χ1v) is 5.31. The third-order valence-corrected chi connectivity index (χ3v) is 2.45. The summed E-state index contributed by atoms with van der Waals surface area (Å²) in [7, 11) is 0. The van der Waals surface area contributed by atoms with E-state index < -0.39 is 23.5 Å². The van der Waals surface area contributed by atoms with Gasteiger partial charge in [-0.3, -0.25) is 14.9 Å². The fourth-order valence-electron chi connectivity index (χ4n) is 1.33. The van der Waals surface area contributed by atoms with E-state index in [1.807, 2.05) is 0 Å². The van der Waals surface area contributed by atoms with Crippen molar-refractivity contribution in [2.24, 2.45) is 0 Å². The molecule has 0 saturated heterocycles. The van der Waals surface area contributed by atoms with Gasteiger partial charge in [0, 0.05) is 32.1 Å². The van der Waals surface area contributed by atoms with Crippen molar-refractivity contribution in [1.82, 2.24) is 5.32 Å². The van der Waals surface area contributed by atoms with Crippen molar-refractivity contribution in [3.63, 3.8) is 0 Å². The Kier molecular flexibility index (Phi) is 7.92. The lowest BCUT2D eigenvalue weighted by Gasteiger charge is -2.17. The van der Waals surface area contributed by atoms with E-state index in [2.05, 4.69) is 5.32 Å². The lowest BCUT2D eigenvalue weighted by molar-refractivity contribution is -0.561. The predicted molar refractivity (Wildman–Crippen MR) is 66.9 cm³/mol. The van der Waals surface area contributed by atoms with Gasteiger partial charge in [-0.1, -0.05) is 7.43 Å². The zero-order valence-electron chi connectivity index (χ0n) is 10.2. The van der Waals surface area contributed by atoms with Gasteiger partial charge in [-0.25, -0.2) is 4.79 Å². The summed E-state index contributed by atoms with van der Waals surface area (Å²) in [6, 6.07) is -0.977. The minimum Gasteiger partial charge on any atom is -0.480 e. The first kappa shape index (κ1) is 18.7. The van der Waals surface area contributed by atoms with E-state index in [-0.39, 0.29) is 25.2 Å². The Morgan fingerprint density at radius 1 is 1.44 bits per heavy atom. The number of nitrogens with zero attached hydrogens (tertiary/aromatic N) is 1. The minimum atomic E-state index is -1.13. The lowest BCUT2D eigenvalue weighted by atomic mass is 9.96. The molecule has 0 rings (SSSR count). The van der Waals surface area contributed by atoms with Crippen LogP contribution in [-0.2, 0) is 9.59 Å². The van der Waals surface area contributed by atoms with Gasteiger partial charge in [0.05, 0.1) is 0 Å². The molecular weight excluding hydrogens is 240 g/mol. The van der Waals surface area contributed by atoms with Gasteiger partial charge in [0.1, 0.15) is 6.04 Å². The molecule has 0 aliphatic carbocycles. The lowest BCUT2D eigenvalue weighted by Crippen LogP contribution is -2.40. The minimum absolute atomic E-state index is 0. The molecule has 1 amide bonds. The molecule has 0 aromatic heterocycles. The van der Waals surface area contributed by atoms with Gasteiger partial charge in [-0.15, -0.1) is 0 Å². The molecule has 7 nitrogen and oxygen atoms in total. The first-order valence-electron chi connectivity index (χ1n) is 5.31. The predicted octanol–water partition coefficient (Wildman–Crippen LogP) is 1.44. The van der Waals surface area contributed by atoms with Crippen LogP contribution in [-0.4, -0.2) is 33.5 Å². The molecule has 0 bridgehead atoms. The SMILES string of the molecule is C.CC(=O)NC(CCCC(C)(C)[N+](=O)[O-])C(=O)O. The topological polar surface area (TPSA) is 110 Å². The number of amides is 1. The molecule has 7 heteroatoms. The smallest absolute Gasteiger partial charge is 0.326 e. The molecule has 0 spiro atoms. The quantitative estimate of drug-likeness (QED) is 0.533. The Balaban J connectivity index is 0. The third kappa shape index (κ3) is 6.82. The standard InChI is InChI=1S/C10H18N2O5.CH4/c1-7(13)11-8(9(14)15)5-4-6-10(2,3)12(16)17;/h8H,4-6H2,1-3H3,(H,11,13)(H,14,15);1H4. The largest absolute Gasteiger partial charge is 0.480 e. The van der Waals surface area contributed by atoms with Crippen LogP contribution < -0.4 is 5.32 Å². The van der Waals surface area contributed by atoms with Crippen LogP contribution >= 0.6 is 0 Å². The zero-order chi connectivity index (χ0) is 13.6. The molecule has 18 heavy (non-hydrogen) atoms. The van der Waals surface area contributed by atoms with Crippen LogP contribution in [0.2, 0.25) is 0 Å². The zero-order valence-corrected chi connectivity index (χ0v) is 10.2.